The van der Waals surface area contributed by atoms with Crippen molar-refractivity contribution in [3.63, 3.8) is 0 Å². The zero-order valence-electron chi connectivity index (χ0n) is 10.4. The van der Waals surface area contributed by atoms with Gasteiger partial charge in [-0.15, -0.1) is 11.8 Å². The molecule has 19 heavy (non-hydrogen) atoms. The number of carbonyl (C=O) groups is 1. The fourth-order valence-corrected chi connectivity index (χ4v) is 5.62. The highest BCUT2D eigenvalue weighted by atomic mass is 32.2. The fraction of sp³-hybridized carbons (Fsp3) is 0.417. The van der Waals surface area contributed by atoms with Gasteiger partial charge in [-0.3, -0.25) is 4.79 Å². The third-order valence-corrected chi connectivity index (χ3v) is 6.51. The first kappa shape index (κ1) is 14.4. The van der Waals surface area contributed by atoms with E-state index in [1.54, 1.807) is 18.2 Å². The first-order valence-electron chi connectivity index (χ1n) is 5.91. The van der Waals surface area contributed by atoms with Gasteiger partial charge in [0.25, 0.3) is 0 Å². The molecule has 1 heterocycles. The summed E-state index contributed by atoms with van der Waals surface area (Å²) in [5.74, 6) is -0.803. The molecule has 7 heteroatoms. The highest BCUT2D eigenvalue weighted by molar-refractivity contribution is 8.01. The molecule has 1 N–H and O–H groups in total. The van der Waals surface area contributed by atoms with Gasteiger partial charge in [-0.25, -0.2) is 8.42 Å². The number of sulfonamides is 1. The second kappa shape index (κ2) is 5.52. The number of thioether (sulfide) groups is 1. The van der Waals surface area contributed by atoms with Crippen LogP contribution >= 0.6 is 11.8 Å². The van der Waals surface area contributed by atoms with E-state index < -0.39 is 22.0 Å². The van der Waals surface area contributed by atoms with Gasteiger partial charge in [0.15, 0.2) is 0 Å². The van der Waals surface area contributed by atoms with Crippen LogP contribution in [0.25, 0.3) is 0 Å². The second-order valence-corrected chi connectivity index (χ2v) is 7.25. The Labute approximate surface area is 116 Å². The Morgan fingerprint density at radius 2 is 2.05 bits per heavy atom. The lowest BCUT2D eigenvalue weighted by Gasteiger charge is -2.25. The van der Waals surface area contributed by atoms with Gasteiger partial charge in [0, 0.05) is 5.75 Å². The number of hydrogen-bond acceptors (Lipinski definition) is 4. The largest absolute Gasteiger partial charge is 0.480 e. The number of nitrogens with zero attached hydrogens (tertiary/aromatic N) is 1. The summed E-state index contributed by atoms with van der Waals surface area (Å²) >= 11 is 1.37. The van der Waals surface area contributed by atoms with Crippen molar-refractivity contribution in [3.8, 4) is 0 Å². The topological polar surface area (TPSA) is 74.7 Å². The molecule has 1 aromatic carbocycles. The second-order valence-electron chi connectivity index (χ2n) is 4.20. The molecule has 0 radical (unpaired) electrons. The molecular weight excluding hydrogens is 286 g/mol. The molecular formula is C12H15NO4S2. The van der Waals surface area contributed by atoms with Crippen LogP contribution in [0, 0.1) is 0 Å². The first-order valence-corrected chi connectivity index (χ1v) is 8.40. The zero-order valence-corrected chi connectivity index (χ0v) is 12.0. The highest BCUT2D eigenvalue weighted by Gasteiger charge is 2.45. The van der Waals surface area contributed by atoms with Crippen molar-refractivity contribution in [3.05, 3.63) is 30.3 Å². The third-order valence-electron chi connectivity index (χ3n) is 2.99. The Balaban J connectivity index is 2.44. The summed E-state index contributed by atoms with van der Waals surface area (Å²) in [6.07, 6.45) is 0.584. The molecule has 1 aliphatic heterocycles. The molecule has 0 aliphatic carbocycles. The number of benzene rings is 1. The fourth-order valence-electron chi connectivity index (χ4n) is 2.06. The number of carboxylic acids is 1. The molecule has 0 amide bonds. The molecule has 5 nitrogen and oxygen atoms in total. The van der Waals surface area contributed by atoms with Gasteiger partial charge in [0.05, 0.1) is 10.3 Å². The van der Waals surface area contributed by atoms with Crippen molar-refractivity contribution in [2.45, 2.75) is 29.7 Å². The Bertz CT molecular complexity index is 558. The van der Waals surface area contributed by atoms with Crippen LogP contribution < -0.4 is 0 Å². The van der Waals surface area contributed by atoms with Gasteiger partial charge < -0.3 is 5.11 Å². The lowest BCUT2D eigenvalue weighted by atomic mass is 10.3. The minimum atomic E-state index is -3.76. The lowest BCUT2D eigenvalue weighted by Crippen LogP contribution is -2.45. The monoisotopic (exact) mass is 301 g/mol. The third kappa shape index (κ3) is 2.63. The van der Waals surface area contributed by atoms with Crippen LogP contribution in [-0.4, -0.2) is 41.0 Å². The average molecular weight is 301 g/mol. The van der Waals surface area contributed by atoms with Crippen molar-refractivity contribution < 1.29 is 18.3 Å². The maximum atomic E-state index is 12.6. The van der Waals surface area contributed by atoms with Crippen molar-refractivity contribution in [1.82, 2.24) is 4.31 Å². The Kier molecular flexibility index (Phi) is 4.17. The summed E-state index contributed by atoms with van der Waals surface area (Å²) in [5.41, 5.74) is 0. The number of rotatable bonds is 4. The maximum Gasteiger partial charge on any atom is 0.322 e. The predicted octanol–water partition coefficient (Wildman–Crippen LogP) is 1.61. The summed E-state index contributed by atoms with van der Waals surface area (Å²) in [4.78, 5) is 11.4. The minimum Gasteiger partial charge on any atom is -0.480 e. The van der Waals surface area contributed by atoms with Crippen LogP contribution in [0.1, 0.15) is 13.3 Å². The van der Waals surface area contributed by atoms with E-state index in [1.165, 1.54) is 23.9 Å². The van der Waals surface area contributed by atoms with E-state index in [4.69, 9.17) is 0 Å². The van der Waals surface area contributed by atoms with Crippen LogP contribution in [0.2, 0.25) is 0 Å². The van der Waals surface area contributed by atoms with E-state index in [0.29, 0.717) is 12.2 Å². The normalized spacial score (nSPS) is 24.5. The highest BCUT2D eigenvalue weighted by Crippen LogP contribution is 2.36. The van der Waals surface area contributed by atoms with E-state index in [9.17, 15) is 18.3 Å². The number of aliphatic carboxylic acids is 1. The first-order chi connectivity index (χ1) is 8.98. The molecule has 1 aromatic rings. The molecule has 0 saturated carbocycles. The van der Waals surface area contributed by atoms with E-state index in [1.807, 2.05) is 6.92 Å². The predicted molar refractivity (Wildman–Crippen MR) is 73.4 cm³/mol. The van der Waals surface area contributed by atoms with E-state index in [0.717, 1.165) is 4.31 Å². The van der Waals surface area contributed by atoms with Crippen molar-refractivity contribution >= 4 is 27.8 Å². The maximum absolute atomic E-state index is 12.6. The molecule has 0 spiro atoms. The standard InChI is InChI=1S/C12H15NO4S2/c1-2-11-13(10(8-18-11)12(14)15)19(16,17)9-6-4-3-5-7-9/h3-7,10-11H,2,8H2,1H3,(H,14,15). The van der Waals surface area contributed by atoms with Crippen LogP contribution in [0.4, 0.5) is 0 Å². The molecule has 1 aliphatic rings. The van der Waals surface area contributed by atoms with Crippen LogP contribution in [0.5, 0.6) is 0 Å². The summed E-state index contributed by atoms with van der Waals surface area (Å²) in [6, 6.07) is 6.98. The van der Waals surface area contributed by atoms with Gasteiger partial charge in [-0.2, -0.15) is 4.31 Å². The quantitative estimate of drug-likeness (QED) is 0.914. The van der Waals surface area contributed by atoms with Crippen molar-refractivity contribution in [2.75, 3.05) is 5.75 Å². The average Bonchev–Trinajstić information content (AvgIpc) is 2.84. The minimum absolute atomic E-state index is 0.141. The van der Waals surface area contributed by atoms with Crippen molar-refractivity contribution in [1.29, 1.82) is 0 Å². The SMILES string of the molecule is CCC1SCC(C(=O)O)N1S(=O)(=O)c1ccccc1. The van der Waals surface area contributed by atoms with Gasteiger partial charge >= 0.3 is 5.97 Å². The van der Waals surface area contributed by atoms with Gasteiger partial charge in [0.1, 0.15) is 6.04 Å². The summed E-state index contributed by atoms with van der Waals surface area (Å²) in [5, 5.41) is 8.87. The summed E-state index contributed by atoms with van der Waals surface area (Å²) < 4.78 is 26.3. The Morgan fingerprint density at radius 1 is 1.42 bits per heavy atom. The Hall–Kier alpha value is -1.05. The van der Waals surface area contributed by atoms with E-state index in [2.05, 4.69) is 0 Å². The molecule has 2 atom stereocenters. The van der Waals surface area contributed by atoms with E-state index >= 15 is 0 Å². The molecule has 1 saturated heterocycles. The summed E-state index contributed by atoms with van der Waals surface area (Å²) in [7, 11) is -3.76. The molecule has 0 aromatic heterocycles. The number of hydrogen-bond donors (Lipinski definition) is 1. The lowest BCUT2D eigenvalue weighted by molar-refractivity contribution is -0.140. The van der Waals surface area contributed by atoms with Crippen LogP contribution in [0.3, 0.4) is 0 Å². The van der Waals surface area contributed by atoms with Gasteiger partial charge in [-0.1, -0.05) is 25.1 Å². The molecule has 2 unspecified atom stereocenters. The number of carboxylic acid groups (broad SMARTS) is 1. The molecule has 1 fully saturated rings. The van der Waals surface area contributed by atoms with Crippen LogP contribution in [-0.2, 0) is 14.8 Å². The van der Waals surface area contributed by atoms with Crippen LogP contribution in [0.15, 0.2) is 35.2 Å². The molecule has 104 valence electrons. The van der Waals surface area contributed by atoms with E-state index in [-0.39, 0.29) is 10.3 Å². The van der Waals surface area contributed by atoms with Gasteiger partial charge in [0.2, 0.25) is 10.0 Å². The molecule has 2 rings (SSSR count). The zero-order chi connectivity index (χ0) is 14.0. The van der Waals surface area contributed by atoms with Gasteiger partial charge in [-0.05, 0) is 18.6 Å². The molecule has 0 bridgehead atoms. The van der Waals surface area contributed by atoms with Crippen molar-refractivity contribution in [2.24, 2.45) is 0 Å². The Morgan fingerprint density at radius 3 is 2.58 bits per heavy atom. The summed E-state index contributed by atoms with van der Waals surface area (Å²) in [6.45, 7) is 1.86. The smallest absolute Gasteiger partial charge is 0.322 e.